The number of nitrogens with zero attached hydrogens (tertiary/aromatic N) is 9. The maximum absolute atomic E-state index is 15.1. The fourth-order valence-electron chi connectivity index (χ4n) is 5.86. The minimum absolute atomic E-state index is 0.0527. The lowest BCUT2D eigenvalue weighted by Crippen LogP contribution is -2.66. The van der Waals surface area contributed by atoms with Crippen molar-refractivity contribution in [3.8, 4) is 0 Å². The summed E-state index contributed by atoms with van der Waals surface area (Å²) in [6, 6.07) is -0.877. The van der Waals surface area contributed by atoms with Crippen molar-refractivity contribution in [3.63, 3.8) is 0 Å². The number of sulfone groups is 1. The number of carbonyl (C=O) groups is 1. The Labute approximate surface area is 232 Å². The molecule has 3 aliphatic rings. The lowest BCUT2D eigenvalue weighted by Gasteiger charge is -2.47. The zero-order valence-corrected chi connectivity index (χ0v) is 23.4. The first-order valence-corrected chi connectivity index (χ1v) is 14.6. The molecule has 41 heavy (non-hydrogen) atoms. The third-order valence-electron chi connectivity index (χ3n) is 8.13. The molecule has 0 spiro atoms. The summed E-state index contributed by atoms with van der Waals surface area (Å²) < 4.78 is 80.6. The molecule has 3 aliphatic heterocycles. The monoisotopic (exact) mass is 597 g/mol. The molecule has 220 valence electrons. The molecule has 0 aliphatic carbocycles. The second kappa shape index (κ2) is 8.69. The van der Waals surface area contributed by atoms with Gasteiger partial charge in [-0.3, -0.25) is 9.20 Å². The summed E-state index contributed by atoms with van der Waals surface area (Å²) in [7, 11) is -4.13. The number of aromatic nitrogens is 6. The Kier molecular flexibility index (Phi) is 5.83. The first-order valence-electron chi connectivity index (χ1n) is 12.9. The van der Waals surface area contributed by atoms with Crippen molar-refractivity contribution in [3.05, 3.63) is 30.1 Å². The number of hydrogen-bond acceptors (Lipinski definition) is 10. The highest BCUT2D eigenvalue weighted by Gasteiger charge is 2.61. The first-order chi connectivity index (χ1) is 19.0. The maximum atomic E-state index is 15.1. The summed E-state index contributed by atoms with van der Waals surface area (Å²) in [5, 5.41) is 3.94. The van der Waals surface area contributed by atoms with Crippen LogP contribution in [0.25, 0.3) is 5.65 Å². The summed E-state index contributed by atoms with van der Waals surface area (Å²) in [4.78, 5) is 31.3. The SMILES string of the molecule is C[C@@H]1CN(c2ncnc3c2C(C)(C)CN3c2cn3c(C(F)(F)F)nnc3cn2)[C@@H](C)CN1C(=O)[C@@]1(F)CCS1(=O)=O. The van der Waals surface area contributed by atoms with Crippen molar-refractivity contribution in [2.45, 2.75) is 62.8 Å². The number of rotatable bonds is 3. The number of alkyl halides is 4. The molecule has 0 radical (unpaired) electrons. The lowest BCUT2D eigenvalue weighted by atomic mass is 9.87. The molecule has 0 bridgehead atoms. The molecule has 0 saturated carbocycles. The van der Waals surface area contributed by atoms with Crippen LogP contribution in [0.4, 0.5) is 35.0 Å². The van der Waals surface area contributed by atoms with E-state index in [4.69, 9.17) is 0 Å². The Morgan fingerprint density at radius 3 is 2.39 bits per heavy atom. The third kappa shape index (κ3) is 4.02. The molecule has 0 unspecified atom stereocenters. The van der Waals surface area contributed by atoms with Gasteiger partial charge in [0.2, 0.25) is 5.82 Å². The van der Waals surface area contributed by atoms with Crippen molar-refractivity contribution in [1.82, 2.24) is 34.4 Å². The first kappa shape index (κ1) is 27.5. The average molecular weight is 598 g/mol. The van der Waals surface area contributed by atoms with Crippen molar-refractivity contribution in [1.29, 1.82) is 0 Å². The zero-order valence-electron chi connectivity index (χ0n) is 22.6. The molecule has 0 aromatic carbocycles. The largest absolute Gasteiger partial charge is 0.452 e. The van der Waals surface area contributed by atoms with Crippen LogP contribution in [0.1, 0.15) is 45.5 Å². The van der Waals surface area contributed by atoms with Gasteiger partial charge >= 0.3 is 6.18 Å². The van der Waals surface area contributed by atoms with Gasteiger partial charge in [-0.2, -0.15) is 13.2 Å². The molecule has 0 N–H and O–H groups in total. The van der Waals surface area contributed by atoms with Gasteiger partial charge < -0.3 is 14.7 Å². The van der Waals surface area contributed by atoms with Gasteiger partial charge in [0.05, 0.1) is 18.1 Å². The fourth-order valence-corrected chi connectivity index (χ4v) is 7.14. The van der Waals surface area contributed by atoms with Crippen LogP contribution in [0.5, 0.6) is 0 Å². The van der Waals surface area contributed by atoms with Crippen LogP contribution in [0.3, 0.4) is 0 Å². The summed E-state index contributed by atoms with van der Waals surface area (Å²) in [6.07, 6.45) is -1.27. The van der Waals surface area contributed by atoms with Crippen molar-refractivity contribution in [2.75, 3.05) is 35.2 Å². The van der Waals surface area contributed by atoms with Gasteiger partial charge in [0.25, 0.3) is 10.9 Å². The summed E-state index contributed by atoms with van der Waals surface area (Å²) in [5.41, 5.74) is 0.119. The molecule has 6 rings (SSSR count). The summed E-state index contributed by atoms with van der Waals surface area (Å²) >= 11 is 0. The highest BCUT2D eigenvalue weighted by Crippen LogP contribution is 2.47. The van der Waals surface area contributed by atoms with Crippen LogP contribution in [-0.4, -0.2) is 91.2 Å². The molecule has 3 atom stereocenters. The fraction of sp³-hybridized carbons (Fsp3) is 0.583. The van der Waals surface area contributed by atoms with Gasteiger partial charge in [0.1, 0.15) is 18.0 Å². The van der Waals surface area contributed by atoms with Crippen molar-refractivity contribution in [2.24, 2.45) is 0 Å². The van der Waals surface area contributed by atoms with Gasteiger partial charge in [-0.25, -0.2) is 27.8 Å². The van der Waals surface area contributed by atoms with E-state index in [0.29, 0.717) is 18.2 Å². The van der Waals surface area contributed by atoms with Crippen molar-refractivity contribution < 1.29 is 30.8 Å². The van der Waals surface area contributed by atoms with E-state index in [9.17, 15) is 26.4 Å². The number of hydrogen-bond donors (Lipinski definition) is 0. The predicted molar refractivity (Wildman–Crippen MR) is 138 cm³/mol. The number of amides is 1. The Balaban J connectivity index is 1.34. The van der Waals surface area contributed by atoms with Gasteiger partial charge in [0.15, 0.2) is 21.3 Å². The maximum Gasteiger partial charge on any atom is 0.452 e. The number of carbonyl (C=O) groups excluding carboxylic acids is 1. The number of piperazine rings is 1. The van der Waals surface area contributed by atoms with Gasteiger partial charge in [0, 0.05) is 49.1 Å². The smallest absolute Gasteiger partial charge is 0.350 e. The second-order valence-electron chi connectivity index (χ2n) is 11.5. The molecule has 6 heterocycles. The molecular weight excluding hydrogens is 570 g/mol. The number of halogens is 4. The Hall–Kier alpha value is -3.63. The normalized spacial score (nSPS) is 27.2. The molecule has 17 heteroatoms. The summed E-state index contributed by atoms with van der Waals surface area (Å²) in [5.74, 6) is -1.30. The van der Waals surface area contributed by atoms with Gasteiger partial charge in [-0.05, 0) is 13.8 Å². The van der Waals surface area contributed by atoms with E-state index in [0.717, 1.165) is 9.96 Å². The quantitative estimate of drug-likeness (QED) is 0.415. The molecular formula is C24H27F4N9O3S. The second-order valence-corrected chi connectivity index (χ2v) is 13.8. The predicted octanol–water partition coefficient (Wildman–Crippen LogP) is 2.27. The highest BCUT2D eigenvalue weighted by atomic mass is 32.2. The van der Waals surface area contributed by atoms with E-state index in [-0.39, 0.29) is 42.8 Å². The molecule has 1 amide bonds. The van der Waals surface area contributed by atoms with Crippen LogP contribution < -0.4 is 9.80 Å². The standard InChI is InChI=1S/C24H27F4N9O3S/c1-13-9-35(21(38)23(25)5-6-41(23,39)40)14(2)8-34(13)18-17-19(31-12-30-18)37(11-22(17,3)4)16-10-36-15(7-29-16)32-33-20(36)24(26,27)28/h7,10,12-14H,5-6,8-9,11H2,1-4H3/t13-,14+,23+/m0/s1. The van der Waals surface area contributed by atoms with Crippen LogP contribution in [0.2, 0.25) is 0 Å². The Bertz CT molecular complexity index is 1680. The average Bonchev–Trinajstić information content (AvgIpc) is 3.46. The summed E-state index contributed by atoms with van der Waals surface area (Å²) in [6.45, 7) is 8.14. The number of fused-ring (bicyclic) bond motifs is 2. The van der Waals surface area contributed by atoms with E-state index in [1.54, 1.807) is 11.8 Å². The highest BCUT2D eigenvalue weighted by molar-refractivity contribution is 7.94. The Morgan fingerprint density at radius 1 is 1.05 bits per heavy atom. The molecule has 12 nitrogen and oxygen atoms in total. The van der Waals surface area contributed by atoms with Gasteiger partial charge in [-0.15, -0.1) is 10.2 Å². The molecule has 3 aromatic heterocycles. The van der Waals surface area contributed by atoms with Crippen LogP contribution in [-0.2, 0) is 26.2 Å². The van der Waals surface area contributed by atoms with Crippen LogP contribution in [0.15, 0.2) is 18.7 Å². The minimum Gasteiger partial charge on any atom is -0.350 e. The van der Waals surface area contributed by atoms with E-state index in [1.165, 1.54) is 23.6 Å². The van der Waals surface area contributed by atoms with Crippen molar-refractivity contribution >= 4 is 38.8 Å². The van der Waals surface area contributed by atoms with E-state index < -0.39 is 44.2 Å². The zero-order chi connectivity index (χ0) is 29.7. The lowest BCUT2D eigenvalue weighted by molar-refractivity contribution is -0.145. The van der Waals surface area contributed by atoms with Crippen LogP contribution >= 0.6 is 0 Å². The van der Waals surface area contributed by atoms with Gasteiger partial charge in [-0.1, -0.05) is 13.8 Å². The minimum atomic E-state index is -4.71. The van der Waals surface area contributed by atoms with Crippen LogP contribution in [0, 0.1) is 0 Å². The van der Waals surface area contributed by atoms with E-state index in [2.05, 4.69) is 25.1 Å². The molecule has 2 saturated heterocycles. The third-order valence-corrected chi connectivity index (χ3v) is 10.2. The van der Waals surface area contributed by atoms with E-state index >= 15 is 4.39 Å². The number of anilines is 3. The topological polar surface area (TPSA) is 130 Å². The van der Waals surface area contributed by atoms with E-state index in [1.807, 2.05) is 25.7 Å². The Morgan fingerprint density at radius 2 is 1.76 bits per heavy atom. The molecule has 2 fully saturated rings. The molecule has 3 aromatic rings.